The number of hydrogen-bond acceptors (Lipinski definition) is 2. The lowest BCUT2D eigenvalue weighted by Crippen LogP contribution is -2.34. The summed E-state index contributed by atoms with van der Waals surface area (Å²) in [4.78, 5) is 14.3. The molecule has 0 spiro atoms. The first-order valence-corrected chi connectivity index (χ1v) is 9.30. The second-order valence-corrected chi connectivity index (χ2v) is 7.17. The van der Waals surface area contributed by atoms with E-state index < -0.39 is 0 Å². The fraction of sp³-hybridized carbons (Fsp3) is 0.381. The monoisotopic (exact) mass is 356 g/mol. The highest BCUT2D eigenvalue weighted by Gasteiger charge is 2.30. The summed E-state index contributed by atoms with van der Waals surface area (Å²) in [5.41, 5.74) is 3.61. The van der Waals surface area contributed by atoms with Crippen LogP contribution in [0.1, 0.15) is 36.0 Å². The molecule has 1 aliphatic rings. The highest BCUT2D eigenvalue weighted by atomic mass is 35.5. The number of hydrogen-bond donors (Lipinski definition) is 1. The van der Waals surface area contributed by atoms with Gasteiger partial charge in [0.25, 0.3) is 0 Å². The fourth-order valence-corrected chi connectivity index (χ4v) is 3.64. The van der Waals surface area contributed by atoms with Crippen molar-refractivity contribution < 1.29 is 4.79 Å². The number of benzene rings is 2. The predicted octanol–water partition coefficient (Wildman–Crippen LogP) is 4.32. The van der Waals surface area contributed by atoms with Gasteiger partial charge in [-0.25, -0.2) is 0 Å². The van der Waals surface area contributed by atoms with E-state index in [0.717, 1.165) is 36.5 Å². The molecule has 2 aromatic carbocycles. The van der Waals surface area contributed by atoms with Crippen molar-refractivity contribution in [2.75, 3.05) is 6.54 Å². The summed E-state index contributed by atoms with van der Waals surface area (Å²) < 4.78 is 0. The quantitative estimate of drug-likeness (QED) is 0.749. The molecule has 3 nitrogen and oxygen atoms in total. The Kier molecular flexibility index (Phi) is 6.11. The number of rotatable bonds is 7. The van der Waals surface area contributed by atoms with Gasteiger partial charge in [-0.05, 0) is 43.5 Å². The van der Waals surface area contributed by atoms with Gasteiger partial charge in [-0.15, -0.1) is 0 Å². The molecule has 1 amide bonds. The molecular formula is C21H25ClN2O. The molecule has 3 rings (SSSR count). The van der Waals surface area contributed by atoms with Crippen molar-refractivity contribution in [3.8, 4) is 0 Å². The maximum absolute atomic E-state index is 12.3. The molecule has 132 valence electrons. The van der Waals surface area contributed by atoms with Gasteiger partial charge in [-0.1, -0.05) is 59.6 Å². The minimum absolute atomic E-state index is 0.239. The summed E-state index contributed by atoms with van der Waals surface area (Å²) in [5, 5.41) is 4.24. The Hall–Kier alpha value is -1.84. The molecule has 1 fully saturated rings. The standard InChI is InChI=1S/C21H25ClN2O/c1-16-5-4-6-17(13-16)14-23-12-11-19-9-10-21(25)24(19)15-18-7-2-3-8-20(18)22/h2-8,13,19,23H,9-12,14-15H2,1H3/t19-/m1/s1. The van der Waals surface area contributed by atoms with Crippen LogP contribution in [0.4, 0.5) is 0 Å². The minimum Gasteiger partial charge on any atom is -0.335 e. The lowest BCUT2D eigenvalue weighted by molar-refractivity contribution is -0.129. The zero-order valence-corrected chi connectivity index (χ0v) is 15.4. The Balaban J connectivity index is 1.51. The van der Waals surface area contributed by atoms with Gasteiger partial charge in [0.2, 0.25) is 5.91 Å². The maximum atomic E-state index is 12.3. The van der Waals surface area contributed by atoms with Gasteiger partial charge in [0, 0.05) is 30.6 Å². The SMILES string of the molecule is Cc1cccc(CNCC[C@H]2CCC(=O)N2Cc2ccccc2Cl)c1. The minimum atomic E-state index is 0.239. The lowest BCUT2D eigenvalue weighted by Gasteiger charge is -2.25. The number of nitrogens with zero attached hydrogens (tertiary/aromatic N) is 1. The van der Waals surface area contributed by atoms with Crippen LogP contribution in [0.25, 0.3) is 0 Å². The molecule has 1 atom stereocenters. The van der Waals surface area contributed by atoms with E-state index in [2.05, 4.69) is 36.5 Å². The van der Waals surface area contributed by atoms with Crippen molar-refractivity contribution in [2.45, 2.75) is 45.3 Å². The molecule has 0 saturated carbocycles. The van der Waals surface area contributed by atoms with Crippen molar-refractivity contribution in [3.63, 3.8) is 0 Å². The second kappa shape index (κ2) is 8.50. The summed E-state index contributed by atoms with van der Waals surface area (Å²) in [5.74, 6) is 0.239. The van der Waals surface area contributed by atoms with E-state index in [1.54, 1.807) is 0 Å². The molecule has 0 aliphatic carbocycles. The first-order chi connectivity index (χ1) is 12.1. The van der Waals surface area contributed by atoms with Crippen molar-refractivity contribution in [2.24, 2.45) is 0 Å². The average molecular weight is 357 g/mol. The number of likely N-dealkylation sites (tertiary alicyclic amines) is 1. The summed E-state index contributed by atoms with van der Waals surface area (Å²) in [7, 11) is 0. The van der Waals surface area contributed by atoms with E-state index >= 15 is 0 Å². The molecular weight excluding hydrogens is 332 g/mol. The normalized spacial score (nSPS) is 17.3. The highest BCUT2D eigenvalue weighted by molar-refractivity contribution is 6.31. The third-order valence-corrected chi connectivity index (χ3v) is 5.19. The van der Waals surface area contributed by atoms with Crippen LogP contribution in [0.2, 0.25) is 5.02 Å². The topological polar surface area (TPSA) is 32.3 Å². The second-order valence-electron chi connectivity index (χ2n) is 6.76. The third-order valence-electron chi connectivity index (χ3n) is 4.82. The van der Waals surface area contributed by atoms with E-state index in [0.29, 0.717) is 19.0 Å². The number of carbonyl (C=O) groups excluding carboxylic acids is 1. The van der Waals surface area contributed by atoms with Crippen molar-refractivity contribution in [3.05, 3.63) is 70.2 Å². The molecule has 0 radical (unpaired) electrons. The fourth-order valence-electron chi connectivity index (χ4n) is 3.44. The van der Waals surface area contributed by atoms with E-state index in [-0.39, 0.29) is 5.91 Å². The van der Waals surface area contributed by atoms with Crippen LogP contribution in [-0.4, -0.2) is 23.4 Å². The Morgan fingerprint density at radius 3 is 2.84 bits per heavy atom. The molecule has 25 heavy (non-hydrogen) atoms. The summed E-state index contributed by atoms with van der Waals surface area (Å²) in [6.07, 6.45) is 2.56. The zero-order valence-electron chi connectivity index (χ0n) is 14.7. The molecule has 0 bridgehead atoms. The molecule has 1 aliphatic heterocycles. The van der Waals surface area contributed by atoms with Crippen molar-refractivity contribution >= 4 is 17.5 Å². The Labute approximate surface area is 155 Å². The van der Waals surface area contributed by atoms with E-state index in [1.807, 2.05) is 29.2 Å². The van der Waals surface area contributed by atoms with Crippen LogP contribution in [0.5, 0.6) is 0 Å². The van der Waals surface area contributed by atoms with Crippen LogP contribution in [0.15, 0.2) is 48.5 Å². The predicted molar refractivity (Wildman–Crippen MR) is 103 cm³/mol. The van der Waals surface area contributed by atoms with Crippen LogP contribution in [0, 0.1) is 6.92 Å². The number of nitrogens with one attached hydrogen (secondary N) is 1. The first-order valence-electron chi connectivity index (χ1n) is 8.92. The number of halogens is 1. The van der Waals surface area contributed by atoms with Gasteiger partial charge < -0.3 is 10.2 Å². The Morgan fingerprint density at radius 1 is 1.20 bits per heavy atom. The van der Waals surface area contributed by atoms with Crippen LogP contribution in [0.3, 0.4) is 0 Å². The third kappa shape index (κ3) is 4.83. The molecule has 4 heteroatoms. The molecule has 2 aromatic rings. The van der Waals surface area contributed by atoms with E-state index in [1.165, 1.54) is 11.1 Å². The maximum Gasteiger partial charge on any atom is 0.223 e. The smallest absolute Gasteiger partial charge is 0.223 e. The van der Waals surface area contributed by atoms with Crippen LogP contribution < -0.4 is 5.32 Å². The molecule has 1 N–H and O–H groups in total. The van der Waals surface area contributed by atoms with Gasteiger partial charge >= 0.3 is 0 Å². The zero-order chi connectivity index (χ0) is 17.6. The molecule has 1 saturated heterocycles. The Morgan fingerprint density at radius 2 is 2.04 bits per heavy atom. The summed E-state index contributed by atoms with van der Waals surface area (Å²) in [6, 6.07) is 16.6. The largest absolute Gasteiger partial charge is 0.335 e. The number of carbonyl (C=O) groups is 1. The molecule has 0 aromatic heterocycles. The molecule has 0 unspecified atom stereocenters. The van der Waals surface area contributed by atoms with Gasteiger partial charge in [0.15, 0.2) is 0 Å². The first kappa shape index (κ1) is 18.0. The molecule has 1 heterocycles. The number of amides is 1. The highest BCUT2D eigenvalue weighted by Crippen LogP contribution is 2.26. The summed E-state index contributed by atoms with van der Waals surface area (Å²) in [6.45, 7) is 4.50. The van der Waals surface area contributed by atoms with Gasteiger partial charge in [0.05, 0.1) is 0 Å². The summed E-state index contributed by atoms with van der Waals surface area (Å²) >= 11 is 6.26. The average Bonchev–Trinajstić information content (AvgIpc) is 2.94. The Bertz CT molecular complexity index is 731. The lowest BCUT2D eigenvalue weighted by atomic mass is 10.1. The van der Waals surface area contributed by atoms with Crippen molar-refractivity contribution in [1.82, 2.24) is 10.2 Å². The van der Waals surface area contributed by atoms with E-state index in [9.17, 15) is 4.79 Å². The van der Waals surface area contributed by atoms with E-state index in [4.69, 9.17) is 11.6 Å². The van der Waals surface area contributed by atoms with Crippen molar-refractivity contribution in [1.29, 1.82) is 0 Å². The van der Waals surface area contributed by atoms with Crippen LogP contribution >= 0.6 is 11.6 Å². The number of aryl methyl sites for hydroxylation is 1. The van der Waals surface area contributed by atoms with Gasteiger partial charge in [-0.3, -0.25) is 4.79 Å². The van der Waals surface area contributed by atoms with Crippen LogP contribution in [-0.2, 0) is 17.9 Å². The van der Waals surface area contributed by atoms with Gasteiger partial charge in [-0.2, -0.15) is 0 Å². The van der Waals surface area contributed by atoms with Gasteiger partial charge in [0.1, 0.15) is 0 Å².